The molecule has 2 rings (SSSR count). The van der Waals surface area contributed by atoms with Gasteiger partial charge in [-0.25, -0.2) is 5.43 Å². The van der Waals surface area contributed by atoms with Gasteiger partial charge in [0.25, 0.3) is 5.91 Å². The van der Waals surface area contributed by atoms with Gasteiger partial charge in [0, 0.05) is 18.3 Å². The lowest BCUT2D eigenvalue weighted by Gasteiger charge is -2.07. The van der Waals surface area contributed by atoms with Crippen LogP contribution in [0.25, 0.3) is 0 Å². The molecule has 1 aromatic carbocycles. The number of aromatic nitrogens is 2. The fraction of sp³-hybridized carbons (Fsp3) is 0.353. The molecule has 0 fully saturated rings. The topological polar surface area (TPSA) is 68.5 Å². The Morgan fingerprint density at radius 2 is 1.91 bits per heavy atom. The number of rotatable bonds is 5. The number of nitrogens with zero attached hydrogens (tertiary/aromatic N) is 3. The van der Waals surface area contributed by atoms with E-state index in [1.807, 2.05) is 46.9 Å². The molecule has 6 nitrogen and oxygen atoms in total. The molecule has 0 saturated carbocycles. The molecule has 1 N–H and O–H groups in total. The largest absolute Gasteiger partial charge is 0.484 e. The number of benzene rings is 1. The Morgan fingerprint density at radius 3 is 2.48 bits per heavy atom. The van der Waals surface area contributed by atoms with E-state index in [0.29, 0.717) is 5.75 Å². The second-order valence-corrected chi connectivity index (χ2v) is 5.61. The maximum Gasteiger partial charge on any atom is 0.277 e. The van der Waals surface area contributed by atoms with E-state index in [-0.39, 0.29) is 12.5 Å². The summed E-state index contributed by atoms with van der Waals surface area (Å²) < 4.78 is 7.26. The minimum Gasteiger partial charge on any atom is -0.484 e. The van der Waals surface area contributed by atoms with Crippen molar-refractivity contribution in [2.75, 3.05) is 6.61 Å². The highest BCUT2D eigenvalue weighted by Crippen LogP contribution is 2.15. The number of hydrogen-bond donors (Lipinski definition) is 1. The Hall–Kier alpha value is -2.63. The van der Waals surface area contributed by atoms with Crippen LogP contribution in [0.4, 0.5) is 0 Å². The van der Waals surface area contributed by atoms with Crippen LogP contribution in [0, 0.1) is 27.7 Å². The van der Waals surface area contributed by atoms with Crippen LogP contribution in [0.15, 0.2) is 23.3 Å². The molecule has 0 radical (unpaired) electrons. The molecule has 0 spiro atoms. The maximum atomic E-state index is 11.8. The molecule has 1 aromatic heterocycles. The van der Waals surface area contributed by atoms with Crippen molar-refractivity contribution in [3.63, 3.8) is 0 Å². The standard InChI is InChI=1S/C17H22N4O2/c1-11-6-12(2)8-15(7-11)23-10-17(22)19-18-9-16-13(3)20-21(5)14(16)4/h6-9H,10H2,1-5H3,(H,19,22)/b18-9-. The number of nitrogens with one attached hydrogen (secondary N) is 1. The van der Waals surface area contributed by atoms with E-state index in [1.165, 1.54) is 0 Å². The molecule has 6 heteroatoms. The lowest BCUT2D eigenvalue weighted by atomic mass is 10.1. The van der Waals surface area contributed by atoms with E-state index >= 15 is 0 Å². The number of hydrazone groups is 1. The van der Waals surface area contributed by atoms with Crippen LogP contribution < -0.4 is 10.2 Å². The highest BCUT2D eigenvalue weighted by atomic mass is 16.5. The Kier molecular flexibility index (Phi) is 5.16. The normalized spacial score (nSPS) is 11.0. The molecule has 0 atom stereocenters. The summed E-state index contributed by atoms with van der Waals surface area (Å²) in [4.78, 5) is 11.8. The number of amides is 1. The first-order chi connectivity index (χ1) is 10.9. The van der Waals surface area contributed by atoms with Crippen LogP contribution in [0.2, 0.25) is 0 Å². The van der Waals surface area contributed by atoms with Crippen LogP contribution in [-0.4, -0.2) is 28.5 Å². The smallest absolute Gasteiger partial charge is 0.277 e. The summed E-state index contributed by atoms with van der Waals surface area (Å²) in [7, 11) is 1.87. The van der Waals surface area contributed by atoms with Gasteiger partial charge in [-0.2, -0.15) is 10.2 Å². The molecule has 1 amide bonds. The highest BCUT2D eigenvalue weighted by Gasteiger charge is 2.07. The third kappa shape index (κ3) is 4.42. The molecular weight excluding hydrogens is 292 g/mol. The first kappa shape index (κ1) is 16.7. The molecule has 0 bridgehead atoms. The second-order valence-electron chi connectivity index (χ2n) is 5.61. The molecule has 0 aliphatic rings. The van der Waals surface area contributed by atoms with E-state index in [2.05, 4.69) is 21.7 Å². The quantitative estimate of drug-likeness (QED) is 0.679. The average Bonchev–Trinajstić information content (AvgIpc) is 2.70. The summed E-state index contributed by atoms with van der Waals surface area (Å²) in [5.74, 6) is 0.375. The van der Waals surface area contributed by atoms with E-state index in [0.717, 1.165) is 28.1 Å². The number of carbonyl (C=O) groups excluding carboxylic acids is 1. The summed E-state index contributed by atoms with van der Waals surface area (Å²) in [6.45, 7) is 7.75. The fourth-order valence-electron chi connectivity index (χ4n) is 2.34. The third-order valence-corrected chi connectivity index (χ3v) is 3.51. The first-order valence-corrected chi connectivity index (χ1v) is 7.40. The molecule has 1 heterocycles. The molecule has 0 saturated heterocycles. The minimum absolute atomic E-state index is 0.0781. The lowest BCUT2D eigenvalue weighted by Crippen LogP contribution is -2.24. The SMILES string of the molecule is Cc1cc(C)cc(OCC(=O)N/N=C\c2c(C)nn(C)c2C)c1. The summed E-state index contributed by atoms with van der Waals surface area (Å²) in [6.07, 6.45) is 1.60. The van der Waals surface area contributed by atoms with Gasteiger partial charge in [0.2, 0.25) is 0 Å². The monoisotopic (exact) mass is 314 g/mol. The molecule has 23 heavy (non-hydrogen) atoms. The predicted molar refractivity (Wildman–Crippen MR) is 89.8 cm³/mol. The van der Waals surface area contributed by atoms with Crippen molar-refractivity contribution in [2.24, 2.45) is 12.1 Å². The van der Waals surface area contributed by atoms with E-state index in [4.69, 9.17) is 4.74 Å². The van der Waals surface area contributed by atoms with Crippen LogP contribution >= 0.6 is 0 Å². The number of ether oxygens (including phenoxy) is 1. The van der Waals surface area contributed by atoms with Gasteiger partial charge in [-0.15, -0.1) is 0 Å². The van der Waals surface area contributed by atoms with Gasteiger partial charge in [0.1, 0.15) is 5.75 Å². The van der Waals surface area contributed by atoms with Gasteiger partial charge >= 0.3 is 0 Å². The summed E-state index contributed by atoms with van der Waals surface area (Å²) in [5.41, 5.74) is 7.43. The van der Waals surface area contributed by atoms with Crippen LogP contribution in [-0.2, 0) is 11.8 Å². The van der Waals surface area contributed by atoms with E-state index in [9.17, 15) is 4.79 Å². The van der Waals surface area contributed by atoms with Crippen molar-refractivity contribution in [1.82, 2.24) is 15.2 Å². The van der Waals surface area contributed by atoms with E-state index < -0.39 is 0 Å². The first-order valence-electron chi connectivity index (χ1n) is 7.40. The van der Waals surface area contributed by atoms with Gasteiger partial charge in [-0.05, 0) is 51.0 Å². The molecular formula is C17H22N4O2. The molecule has 122 valence electrons. The Bertz CT molecular complexity index is 727. The van der Waals surface area contributed by atoms with E-state index in [1.54, 1.807) is 10.9 Å². The van der Waals surface area contributed by atoms with Gasteiger partial charge in [-0.1, -0.05) is 6.07 Å². The fourth-order valence-corrected chi connectivity index (χ4v) is 2.34. The van der Waals surface area contributed by atoms with Crippen molar-refractivity contribution >= 4 is 12.1 Å². The molecule has 2 aromatic rings. The van der Waals surface area contributed by atoms with Crippen molar-refractivity contribution in [3.8, 4) is 5.75 Å². The van der Waals surface area contributed by atoms with Crippen LogP contribution in [0.3, 0.4) is 0 Å². The zero-order valence-corrected chi connectivity index (χ0v) is 14.2. The van der Waals surface area contributed by atoms with Crippen LogP contribution in [0.1, 0.15) is 28.1 Å². The van der Waals surface area contributed by atoms with Crippen molar-refractivity contribution in [2.45, 2.75) is 27.7 Å². The van der Waals surface area contributed by atoms with Gasteiger partial charge in [0.15, 0.2) is 6.61 Å². The Morgan fingerprint density at radius 1 is 1.26 bits per heavy atom. The van der Waals surface area contributed by atoms with Gasteiger partial charge in [0.05, 0.1) is 11.9 Å². The maximum absolute atomic E-state index is 11.8. The number of carbonyl (C=O) groups is 1. The summed E-state index contributed by atoms with van der Waals surface area (Å²) >= 11 is 0. The second kappa shape index (κ2) is 7.09. The Labute approximate surface area is 136 Å². The average molecular weight is 314 g/mol. The highest BCUT2D eigenvalue weighted by molar-refractivity contribution is 5.84. The van der Waals surface area contributed by atoms with Crippen molar-refractivity contribution in [1.29, 1.82) is 0 Å². The third-order valence-electron chi connectivity index (χ3n) is 3.51. The van der Waals surface area contributed by atoms with Crippen molar-refractivity contribution in [3.05, 3.63) is 46.3 Å². The molecule has 0 aliphatic carbocycles. The molecule has 0 unspecified atom stereocenters. The minimum atomic E-state index is -0.306. The van der Waals surface area contributed by atoms with Gasteiger partial charge in [-0.3, -0.25) is 9.48 Å². The summed E-state index contributed by atoms with van der Waals surface area (Å²) in [5, 5.41) is 8.25. The van der Waals surface area contributed by atoms with Crippen molar-refractivity contribution < 1.29 is 9.53 Å². The predicted octanol–water partition coefficient (Wildman–Crippen LogP) is 2.18. The summed E-state index contributed by atoms with van der Waals surface area (Å²) in [6, 6.07) is 5.84. The van der Waals surface area contributed by atoms with Gasteiger partial charge < -0.3 is 4.74 Å². The Balaban J connectivity index is 1.89. The zero-order valence-electron chi connectivity index (χ0n) is 14.2. The zero-order chi connectivity index (χ0) is 17.0. The van der Waals surface area contributed by atoms with Crippen LogP contribution in [0.5, 0.6) is 5.75 Å². The molecule has 0 aliphatic heterocycles. The number of hydrogen-bond acceptors (Lipinski definition) is 4. The number of aryl methyl sites for hydroxylation is 4. The lowest BCUT2D eigenvalue weighted by molar-refractivity contribution is -0.123.